The van der Waals surface area contributed by atoms with Crippen LogP contribution in [0.1, 0.15) is 5.56 Å². The van der Waals surface area contributed by atoms with Crippen molar-refractivity contribution in [3.05, 3.63) is 58.6 Å². The number of carbonyl (C=O) groups is 2. The van der Waals surface area contributed by atoms with E-state index in [1.165, 1.54) is 19.3 Å². The normalized spacial score (nSPS) is 10.2. The monoisotopic (exact) mass is 444 g/mol. The molecule has 0 saturated carbocycles. The number of nitrogens with zero attached hydrogens (tertiary/aromatic N) is 1. The number of nitriles is 1. The van der Waals surface area contributed by atoms with Gasteiger partial charge in [0.05, 0.1) is 7.11 Å². The van der Waals surface area contributed by atoms with E-state index >= 15 is 0 Å². The van der Waals surface area contributed by atoms with Crippen LogP contribution in [0, 0.1) is 11.3 Å². The van der Waals surface area contributed by atoms with Crippen molar-refractivity contribution in [2.24, 2.45) is 0 Å². The van der Waals surface area contributed by atoms with Gasteiger partial charge in [0.1, 0.15) is 6.07 Å². The Kier molecular flexibility index (Phi) is 8.06. The number of anilines is 1. The molecular formula is C20H17BrN2O5. The molecule has 0 spiro atoms. The molecule has 0 atom stereocenters. The van der Waals surface area contributed by atoms with E-state index in [2.05, 4.69) is 21.2 Å². The molecule has 2 aromatic rings. The van der Waals surface area contributed by atoms with E-state index in [1.807, 2.05) is 12.1 Å². The van der Waals surface area contributed by atoms with Gasteiger partial charge in [-0.2, -0.15) is 5.26 Å². The minimum Gasteiger partial charge on any atom is -0.493 e. The molecular weight excluding hydrogens is 428 g/mol. The molecule has 2 rings (SSSR count). The number of hydrogen-bond donors (Lipinski definition) is 1. The van der Waals surface area contributed by atoms with Gasteiger partial charge in [-0.1, -0.05) is 28.1 Å². The van der Waals surface area contributed by atoms with Crippen LogP contribution in [0.25, 0.3) is 6.08 Å². The van der Waals surface area contributed by atoms with Crippen molar-refractivity contribution in [1.29, 1.82) is 5.26 Å². The first kappa shape index (κ1) is 21.0. The number of halogens is 1. The summed E-state index contributed by atoms with van der Waals surface area (Å²) in [6.07, 6.45) is 2.72. The minimum absolute atomic E-state index is 0.0974. The lowest BCUT2D eigenvalue weighted by atomic mass is 10.2. The second kappa shape index (κ2) is 10.7. The van der Waals surface area contributed by atoms with Gasteiger partial charge in [-0.25, -0.2) is 4.79 Å². The molecule has 2 aromatic carbocycles. The van der Waals surface area contributed by atoms with Crippen LogP contribution in [-0.2, 0) is 14.3 Å². The molecule has 0 bridgehead atoms. The summed E-state index contributed by atoms with van der Waals surface area (Å²) in [7, 11) is 1.47. The number of methoxy groups -OCH3 is 1. The van der Waals surface area contributed by atoms with Gasteiger partial charge in [-0.05, 0) is 42.0 Å². The van der Waals surface area contributed by atoms with E-state index in [0.29, 0.717) is 22.7 Å². The summed E-state index contributed by atoms with van der Waals surface area (Å²) in [5.74, 6) is -0.249. The van der Waals surface area contributed by atoms with Crippen molar-refractivity contribution in [2.45, 2.75) is 0 Å². The zero-order chi connectivity index (χ0) is 20.4. The second-order valence-corrected chi connectivity index (χ2v) is 6.27. The van der Waals surface area contributed by atoms with Crippen LogP contribution < -0.4 is 14.8 Å². The molecule has 8 heteroatoms. The Bertz CT molecular complexity index is 921. The maximum absolute atomic E-state index is 11.8. The summed E-state index contributed by atoms with van der Waals surface area (Å²) < 4.78 is 16.2. The number of esters is 1. The molecule has 144 valence electrons. The van der Waals surface area contributed by atoms with Crippen molar-refractivity contribution >= 4 is 39.6 Å². The number of carbonyl (C=O) groups excluding carboxylic acids is 2. The van der Waals surface area contributed by atoms with Gasteiger partial charge in [0, 0.05) is 16.2 Å². The first-order valence-corrected chi connectivity index (χ1v) is 8.89. The molecule has 28 heavy (non-hydrogen) atoms. The highest BCUT2D eigenvalue weighted by molar-refractivity contribution is 9.10. The third-order valence-corrected chi connectivity index (χ3v) is 3.84. The van der Waals surface area contributed by atoms with Gasteiger partial charge in [0.15, 0.2) is 24.7 Å². The molecule has 1 amide bonds. The summed E-state index contributed by atoms with van der Waals surface area (Å²) in [5, 5.41) is 11.2. The smallest absolute Gasteiger partial charge is 0.331 e. The van der Waals surface area contributed by atoms with E-state index < -0.39 is 18.5 Å². The van der Waals surface area contributed by atoms with Crippen molar-refractivity contribution in [2.75, 3.05) is 25.6 Å². The largest absolute Gasteiger partial charge is 0.493 e. The lowest BCUT2D eigenvalue weighted by Crippen LogP contribution is -2.20. The number of rotatable bonds is 8. The van der Waals surface area contributed by atoms with Crippen molar-refractivity contribution < 1.29 is 23.8 Å². The van der Waals surface area contributed by atoms with E-state index in [9.17, 15) is 9.59 Å². The number of hydrogen-bond acceptors (Lipinski definition) is 6. The predicted octanol–water partition coefficient (Wildman–Crippen LogP) is 3.56. The van der Waals surface area contributed by atoms with Crippen LogP contribution in [0.2, 0.25) is 0 Å². The molecule has 0 heterocycles. The molecule has 0 radical (unpaired) electrons. The number of nitrogens with one attached hydrogen (secondary N) is 1. The van der Waals surface area contributed by atoms with E-state index in [4.69, 9.17) is 19.5 Å². The summed E-state index contributed by atoms with van der Waals surface area (Å²) in [6.45, 7) is -0.500. The Labute approximate surface area is 170 Å². The fourth-order valence-electron chi connectivity index (χ4n) is 2.13. The fourth-order valence-corrected chi connectivity index (χ4v) is 2.53. The predicted molar refractivity (Wildman–Crippen MR) is 107 cm³/mol. The molecule has 0 aromatic heterocycles. The number of amides is 1. The van der Waals surface area contributed by atoms with Crippen LogP contribution >= 0.6 is 15.9 Å². The molecule has 0 aliphatic carbocycles. The Balaban J connectivity index is 1.87. The fraction of sp³-hybridized carbons (Fsp3) is 0.150. The maximum atomic E-state index is 11.8. The van der Waals surface area contributed by atoms with Gasteiger partial charge in [-0.15, -0.1) is 0 Å². The van der Waals surface area contributed by atoms with Gasteiger partial charge < -0.3 is 19.5 Å². The third-order valence-electron chi connectivity index (χ3n) is 3.35. The highest BCUT2D eigenvalue weighted by atomic mass is 79.9. The van der Waals surface area contributed by atoms with E-state index in [0.717, 1.165) is 4.47 Å². The summed E-state index contributed by atoms with van der Waals surface area (Å²) in [6, 6.07) is 13.9. The SMILES string of the molecule is COc1cc(/C=C/C(=O)OCC(=O)Nc2cccc(Br)c2)ccc1OCC#N. The topological polar surface area (TPSA) is 97.7 Å². The Hall–Kier alpha value is -3.31. The van der Waals surface area contributed by atoms with Crippen molar-refractivity contribution in [1.82, 2.24) is 0 Å². The van der Waals surface area contributed by atoms with Crippen LogP contribution in [0.3, 0.4) is 0 Å². The number of ether oxygens (including phenoxy) is 3. The first-order chi connectivity index (χ1) is 13.5. The molecule has 0 unspecified atom stereocenters. The molecule has 7 nitrogen and oxygen atoms in total. The number of benzene rings is 2. The van der Waals surface area contributed by atoms with E-state index in [-0.39, 0.29) is 6.61 Å². The Morgan fingerprint density at radius 2 is 2.04 bits per heavy atom. The van der Waals surface area contributed by atoms with Gasteiger partial charge in [-0.3, -0.25) is 4.79 Å². The Morgan fingerprint density at radius 1 is 1.21 bits per heavy atom. The first-order valence-electron chi connectivity index (χ1n) is 8.10. The van der Waals surface area contributed by atoms with Crippen LogP contribution in [0.15, 0.2) is 53.0 Å². The van der Waals surface area contributed by atoms with Gasteiger partial charge in [0.25, 0.3) is 5.91 Å². The molecule has 0 aliphatic rings. The second-order valence-electron chi connectivity index (χ2n) is 5.36. The molecule has 0 fully saturated rings. The highest BCUT2D eigenvalue weighted by Crippen LogP contribution is 2.28. The van der Waals surface area contributed by atoms with Crippen LogP contribution in [-0.4, -0.2) is 32.2 Å². The standard InChI is InChI=1S/C20H17BrN2O5/c1-26-18-11-14(5-7-17(18)27-10-9-22)6-8-20(25)28-13-19(24)23-16-4-2-3-15(21)12-16/h2-8,11-12H,10,13H2,1H3,(H,23,24)/b8-6+. The lowest BCUT2D eigenvalue weighted by molar-refractivity contribution is -0.142. The van der Waals surface area contributed by atoms with E-state index in [1.54, 1.807) is 36.4 Å². The zero-order valence-electron chi connectivity index (χ0n) is 15.0. The molecule has 1 N–H and O–H groups in total. The highest BCUT2D eigenvalue weighted by Gasteiger charge is 2.07. The van der Waals surface area contributed by atoms with Crippen LogP contribution in [0.4, 0.5) is 5.69 Å². The summed E-state index contributed by atoms with van der Waals surface area (Å²) in [5.41, 5.74) is 1.26. The zero-order valence-corrected chi connectivity index (χ0v) is 16.6. The third kappa shape index (κ3) is 6.78. The van der Waals surface area contributed by atoms with Crippen molar-refractivity contribution in [3.8, 4) is 17.6 Å². The quantitative estimate of drug-likeness (QED) is 0.493. The summed E-state index contributed by atoms with van der Waals surface area (Å²) >= 11 is 3.31. The Morgan fingerprint density at radius 3 is 2.75 bits per heavy atom. The van der Waals surface area contributed by atoms with Crippen LogP contribution in [0.5, 0.6) is 11.5 Å². The van der Waals surface area contributed by atoms with Crippen molar-refractivity contribution in [3.63, 3.8) is 0 Å². The minimum atomic E-state index is -0.659. The molecule has 0 aliphatic heterocycles. The lowest BCUT2D eigenvalue weighted by Gasteiger charge is -2.08. The maximum Gasteiger partial charge on any atom is 0.331 e. The summed E-state index contributed by atoms with van der Waals surface area (Å²) in [4.78, 5) is 23.6. The molecule has 0 saturated heterocycles. The average molecular weight is 445 g/mol. The average Bonchev–Trinajstić information content (AvgIpc) is 2.69. The van der Waals surface area contributed by atoms with Gasteiger partial charge in [0.2, 0.25) is 0 Å². The van der Waals surface area contributed by atoms with Gasteiger partial charge >= 0.3 is 5.97 Å².